The lowest BCUT2D eigenvalue weighted by Crippen LogP contribution is -2.63. The molecule has 7 nitrogen and oxygen atoms in total. The van der Waals surface area contributed by atoms with Crippen LogP contribution in [-0.2, 0) is 17.1 Å². The first-order valence-electron chi connectivity index (χ1n) is 9.27. The smallest absolute Gasteiger partial charge is 0.222 e. The molecule has 2 aromatic rings. The van der Waals surface area contributed by atoms with Gasteiger partial charge in [-0.1, -0.05) is 47.9 Å². The van der Waals surface area contributed by atoms with Gasteiger partial charge in [-0.3, -0.25) is 0 Å². The number of benzene rings is 2. The monoisotopic (exact) mass is 434 g/mol. The average molecular weight is 435 g/mol. The summed E-state index contributed by atoms with van der Waals surface area (Å²) in [5.41, 5.74) is 1.92. The minimum absolute atomic E-state index is 0.0472. The zero-order valence-corrected chi connectivity index (χ0v) is 16.6. The van der Waals surface area contributed by atoms with E-state index in [0.717, 1.165) is 5.56 Å². The molecule has 0 saturated carbocycles. The van der Waals surface area contributed by atoms with Crippen LogP contribution < -0.4 is 0 Å². The van der Waals surface area contributed by atoms with Crippen molar-refractivity contribution in [3.63, 3.8) is 0 Å². The topological polar surface area (TPSA) is 131 Å². The second kappa shape index (κ2) is 9.02. The molecule has 0 amide bonds. The van der Waals surface area contributed by atoms with E-state index >= 15 is 0 Å². The molecule has 1 saturated heterocycles. The Morgan fingerprint density at radius 3 is 2.30 bits per heavy atom. The summed E-state index contributed by atoms with van der Waals surface area (Å²) in [7, 11) is 0. The van der Waals surface area contributed by atoms with Gasteiger partial charge in [0.1, 0.15) is 24.4 Å². The summed E-state index contributed by atoms with van der Waals surface area (Å²) >= 11 is 6.36. The van der Waals surface area contributed by atoms with Crippen molar-refractivity contribution >= 4 is 11.6 Å². The van der Waals surface area contributed by atoms with Crippen LogP contribution in [0.5, 0.6) is 0 Å². The number of aliphatic hydroxyl groups excluding tert-OH is 5. The lowest BCUT2D eigenvalue weighted by molar-refractivity contribution is -0.357. The van der Waals surface area contributed by atoms with Crippen LogP contribution in [0.3, 0.4) is 0 Å². The van der Waals surface area contributed by atoms with Crippen molar-refractivity contribution < 1.29 is 35.4 Å². The SMILES string of the molecule is C#CC(c1ccc(CO)cc1)c1cc([C@@]2(O)O[C@H](CO)[C@@H](O)[C@H](O)[C@H]2O)ccc1Cl. The van der Waals surface area contributed by atoms with E-state index < -0.39 is 42.7 Å². The Labute approximate surface area is 178 Å². The third-order valence-corrected chi connectivity index (χ3v) is 5.69. The minimum atomic E-state index is -2.41. The highest BCUT2D eigenvalue weighted by Crippen LogP contribution is 2.39. The van der Waals surface area contributed by atoms with Gasteiger partial charge >= 0.3 is 0 Å². The highest BCUT2D eigenvalue weighted by atomic mass is 35.5. The fourth-order valence-corrected chi connectivity index (χ4v) is 3.79. The zero-order chi connectivity index (χ0) is 22.1. The fraction of sp³-hybridized carbons (Fsp3) is 0.364. The summed E-state index contributed by atoms with van der Waals surface area (Å²) in [4.78, 5) is 0. The molecule has 6 N–H and O–H groups in total. The third kappa shape index (κ3) is 3.97. The second-order valence-corrected chi connectivity index (χ2v) is 7.60. The summed E-state index contributed by atoms with van der Waals surface area (Å²) in [5, 5.41) is 60.4. The van der Waals surface area contributed by atoms with Crippen LogP contribution in [-0.4, -0.2) is 61.7 Å². The molecule has 0 spiro atoms. The molecule has 1 aliphatic heterocycles. The molecule has 1 unspecified atom stereocenters. The van der Waals surface area contributed by atoms with E-state index in [-0.39, 0.29) is 12.2 Å². The highest BCUT2D eigenvalue weighted by Gasteiger charge is 2.53. The van der Waals surface area contributed by atoms with Crippen LogP contribution in [0.1, 0.15) is 28.2 Å². The van der Waals surface area contributed by atoms with Gasteiger partial charge in [0.25, 0.3) is 0 Å². The van der Waals surface area contributed by atoms with Crippen LogP contribution in [0.25, 0.3) is 0 Å². The van der Waals surface area contributed by atoms with E-state index in [1.54, 1.807) is 24.3 Å². The molecule has 160 valence electrons. The Kier molecular flexibility index (Phi) is 6.82. The lowest BCUT2D eigenvalue weighted by atomic mass is 9.85. The molecule has 0 bridgehead atoms. The molecule has 1 heterocycles. The number of hydrogen-bond acceptors (Lipinski definition) is 7. The predicted octanol–water partition coefficient (Wildman–Crippen LogP) is 0.216. The van der Waals surface area contributed by atoms with Gasteiger partial charge in [0.15, 0.2) is 0 Å². The fourth-order valence-electron chi connectivity index (χ4n) is 3.56. The van der Waals surface area contributed by atoms with Gasteiger partial charge in [0, 0.05) is 10.6 Å². The largest absolute Gasteiger partial charge is 0.394 e. The molecular weight excluding hydrogens is 412 g/mol. The maximum Gasteiger partial charge on any atom is 0.222 e. The van der Waals surface area contributed by atoms with E-state index in [4.69, 9.17) is 22.8 Å². The number of hydrogen-bond donors (Lipinski definition) is 6. The van der Waals surface area contributed by atoms with E-state index in [1.165, 1.54) is 18.2 Å². The van der Waals surface area contributed by atoms with Gasteiger partial charge in [-0.2, -0.15) is 0 Å². The number of halogens is 1. The van der Waals surface area contributed by atoms with Crippen LogP contribution >= 0.6 is 11.6 Å². The first-order valence-corrected chi connectivity index (χ1v) is 9.65. The second-order valence-electron chi connectivity index (χ2n) is 7.20. The van der Waals surface area contributed by atoms with Crippen molar-refractivity contribution in [3.05, 3.63) is 69.7 Å². The van der Waals surface area contributed by atoms with Crippen LogP contribution in [0.2, 0.25) is 5.02 Å². The molecule has 1 aliphatic rings. The van der Waals surface area contributed by atoms with E-state index in [2.05, 4.69) is 5.92 Å². The maximum atomic E-state index is 11.0. The van der Waals surface area contributed by atoms with E-state index in [9.17, 15) is 30.6 Å². The lowest BCUT2D eigenvalue weighted by Gasteiger charge is -2.45. The minimum Gasteiger partial charge on any atom is -0.394 e. The number of terminal acetylenes is 1. The van der Waals surface area contributed by atoms with Crippen molar-refractivity contribution in [3.8, 4) is 12.3 Å². The summed E-state index contributed by atoms with van der Waals surface area (Å²) in [6.07, 6.45) is -0.805. The predicted molar refractivity (Wildman–Crippen MR) is 108 cm³/mol. The standard InChI is InChI=1S/C22H23ClO7/c1-2-15(13-5-3-12(10-24)4-6-13)16-9-14(7-8-17(16)23)22(29)21(28)20(27)19(26)18(11-25)30-22/h1,3-9,15,18-21,24-29H,10-11H2/t15?,18-,19-,20+,21-,22-/m1/s1. The maximum absolute atomic E-state index is 11.0. The van der Waals surface area contributed by atoms with Crippen LogP contribution in [0, 0.1) is 12.3 Å². The molecular formula is C22H23ClO7. The molecule has 30 heavy (non-hydrogen) atoms. The molecule has 0 aliphatic carbocycles. The summed E-state index contributed by atoms with van der Waals surface area (Å²) < 4.78 is 5.37. The van der Waals surface area contributed by atoms with Crippen molar-refractivity contribution in [2.75, 3.05) is 6.61 Å². The quantitative estimate of drug-likeness (QED) is 0.371. The number of aliphatic hydroxyl groups is 6. The van der Waals surface area contributed by atoms with Crippen LogP contribution in [0.4, 0.5) is 0 Å². The van der Waals surface area contributed by atoms with Gasteiger partial charge in [0.05, 0.1) is 19.1 Å². The molecule has 1 fully saturated rings. The average Bonchev–Trinajstić information content (AvgIpc) is 2.77. The Balaban J connectivity index is 2.04. The van der Waals surface area contributed by atoms with Gasteiger partial charge in [0.2, 0.25) is 5.79 Å². The Morgan fingerprint density at radius 2 is 1.73 bits per heavy atom. The van der Waals surface area contributed by atoms with Crippen molar-refractivity contribution in [2.24, 2.45) is 0 Å². The number of ether oxygens (including phenoxy) is 1. The molecule has 2 aromatic carbocycles. The first kappa shape index (κ1) is 22.7. The molecule has 3 rings (SSSR count). The van der Waals surface area contributed by atoms with Crippen molar-refractivity contribution in [1.82, 2.24) is 0 Å². The third-order valence-electron chi connectivity index (χ3n) is 5.35. The molecule has 6 atom stereocenters. The van der Waals surface area contributed by atoms with E-state index in [1.807, 2.05) is 0 Å². The normalized spacial score (nSPS) is 29.9. The number of rotatable bonds is 5. The molecule has 0 aromatic heterocycles. The van der Waals surface area contributed by atoms with Crippen molar-refractivity contribution in [2.45, 2.75) is 42.7 Å². The van der Waals surface area contributed by atoms with Gasteiger partial charge in [-0.15, -0.1) is 6.42 Å². The zero-order valence-electron chi connectivity index (χ0n) is 15.9. The van der Waals surface area contributed by atoms with Crippen LogP contribution in [0.15, 0.2) is 42.5 Å². The Bertz CT molecular complexity index is 924. The summed E-state index contributed by atoms with van der Waals surface area (Å²) in [6.45, 7) is -0.794. The highest BCUT2D eigenvalue weighted by molar-refractivity contribution is 6.31. The summed E-state index contributed by atoms with van der Waals surface area (Å²) in [6, 6.07) is 11.3. The first-order chi connectivity index (χ1) is 14.3. The van der Waals surface area contributed by atoms with Gasteiger partial charge in [-0.25, -0.2) is 0 Å². The van der Waals surface area contributed by atoms with Gasteiger partial charge < -0.3 is 35.4 Å². The van der Waals surface area contributed by atoms with E-state index in [0.29, 0.717) is 16.1 Å². The molecule has 8 heteroatoms. The Morgan fingerprint density at radius 1 is 1.07 bits per heavy atom. The van der Waals surface area contributed by atoms with Gasteiger partial charge in [-0.05, 0) is 28.8 Å². The van der Waals surface area contributed by atoms with Crippen molar-refractivity contribution in [1.29, 1.82) is 0 Å². The summed E-state index contributed by atoms with van der Waals surface area (Å²) in [5.74, 6) is -0.382. The Hall–Kier alpha value is -1.99. The molecule has 0 radical (unpaired) electrons.